The summed E-state index contributed by atoms with van der Waals surface area (Å²) in [6.07, 6.45) is 14.4. The minimum absolute atomic E-state index is 0.383. The van der Waals surface area contributed by atoms with E-state index in [9.17, 15) is 13.2 Å². The number of rotatable bonds is 8. The number of likely N-dealkylation sites (tertiary alicyclic amines) is 1. The van der Waals surface area contributed by atoms with Gasteiger partial charge in [0.05, 0.1) is 33.5 Å². The molecule has 3 fully saturated rings. The molecule has 0 bridgehead atoms. The zero-order chi connectivity index (χ0) is 35.4. The van der Waals surface area contributed by atoms with Crippen molar-refractivity contribution in [1.82, 2.24) is 29.1 Å². The van der Waals surface area contributed by atoms with E-state index in [0.717, 1.165) is 85.6 Å². The number of hydrogen-bond acceptors (Lipinski definition) is 8. The Morgan fingerprint density at radius 2 is 1.60 bits per heavy atom. The molecule has 2 aromatic carbocycles. The van der Waals surface area contributed by atoms with Crippen molar-refractivity contribution in [2.24, 2.45) is 0 Å². The van der Waals surface area contributed by atoms with Crippen molar-refractivity contribution in [3.05, 3.63) is 71.7 Å². The van der Waals surface area contributed by atoms with Crippen LogP contribution < -0.4 is 9.62 Å². The van der Waals surface area contributed by atoms with E-state index < -0.39 is 21.2 Å². The van der Waals surface area contributed by atoms with Crippen molar-refractivity contribution in [1.29, 1.82) is 0 Å². The Labute approximate surface area is 305 Å². The van der Waals surface area contributed by atoms with Crippen LogP contribution in [0.25, 0.3) is 44.5 Å². The average Bonchev–Trinajstić information content (AvgIpc) is 4.00. The molecule has 3 aromatic heterocycles. The van der Waals surface area contributed by atoms with Gasteiger partial charge >= 0.3 is 0 Å². The van der Waals surface area contributed by atoms with Gasteiger partial charge in [-0.2, -0.15) is 0 Å². The summed E-state index contributed by atoms with van der Waals surface area (Å²) in [5.74, 6) is -0.141. The summed E-state index contributed by atoms with van der Waals surface area (Å²) in [6.45, 7) is 7.74. The molecule has 2 aliphatic heterocycles. The van der Waals surface area contributed by atoms with E-state index in [1.54, 1.807) is 12.4 Å². The Hall–Kier alpha value is -4.35. The Balaban J connectivity index is 1.21. The number of pyridine rings is 1. The second kappa shape index (κ2) is 13.6. The summed E-state index contributed by atoms with van der Waals surface area (Å²) in [6, 6.07) is 14.6. The molecule has 0 atom stereocenters. The predicted molar refractivity (Wildman–Crippen MR) is 206 cm³/mol. The molecule has 52 heavy (non-hydrogen) atoms. The molecule has 1 amide bonds. The van der Waals surface area contributed by atoms with E-state index in [1.165, 1.54) is 66.4 Å². The molecule has 2 aliphatic carbocycles. The van der Waals surface area contributed by atoms with Gasteiger partial charge in [-0.3, -0.25) is 14.8 Å². The molecule has 0 spiro atoms. The smallest absolute Gasteiger partial charge is 0.264 e. The maximum absolute atomic E-state index is 13.4. The van der Waals surface area contributed by atoms with E-state index in [4.69, 9.17) is 4.98 Å². The number of fused-ring (bicyclic) bond motifs is 7. The molecule has 5 heterocycles. The number of piperidine rings is 1. The highest BCUT2D eigenvalue weighted by atomic mass is 32.2. The van der Waals surface area contributed by atoms with Crippen molar-refractivity contribution in [2.75, 3.05) is 37.6 Å². The number of anilines is 1. The van der Waals surface area contributed by atoms with Crippen LogP contribution in [0.1, 0.15) is 91.7 Å². The van der Waals surface area contributed by atoms with Crippen molar-refractivity contribution in [3.8, 4) is 22.6 Å². The van der Waals surface area contributed by atoms with Gasteiger partial charge in [0.15, 0.2) is 0 Å². The summed E-state index contributed by atoms with van der Waals surface area (Å²) in [7, 11) is -3.66. The molecular weight excluding hydrogens is 671 g/mol. The van der Waals surface area contributed by atoms with Crippen LogP contribution in [0.4, 0.5) is 5.69 Å². The zero-order valence-corrected chi connectivity index (χ0v) is 30.8. The number of benzene rings is 2. The van der Waals surface area contributed by atoms with Crippen LogP contribution in [0.5, 0.6) is 0 Å². The van der Waals surface area contributed by atoms with Gasteiger partial charge in [0.25, 0.3) is 5.91 Å². The highest BCUT2D eigenvalue weighted by molar-refractivity contribution is 7.91. The maximum Gasteiger partial charge on any atom is 0.264 e. The first kappa shape index (κ1) is 33.5. The first-order valence-electron chi connectivity index (χ1n) is 19.3. The molecule has 2 saturated carbocycles. The van der Waals surface area contributed by atoms with Gasteiger partial charge in [0, 0.05) is 66.0 Å². The van der Waals surface area contributed by atoms with E-state index in [2.05, 4.69) is 59.4 Å². The van der Waals surface area contributed by atoms with E-state index in [-0.39, 0.29) is 0 Å². The maximum atomic E-state index is 13.4. The van der Waals surface area contributed by atoms with Gasteiger partial charge in [0.1, 0.15) is 5.69 Å². The highest BCUT2D eigenvalue weighted by Crippen LogP contribution is 2.49. The largest absolute Gasteiger partial charge is 0.367 e. The van der Waals surface area contributed by atoms with Gasteiger partial charge in [-0.25, -0.2) is 18.1 Å². The minimum Gasteiger partial charge on any atom is -0.367 e. The summed E-state index contributed by atoms with van der Waals surface area (Å²) in [4.78, 5) is 32.9. The first-order valence-corrected chi connectivity index (χ1v) is 20.8. The van der Waals surface area contributed by atoms with Crippen LogP contribution in [-0.2, 0) is 16.6 Å². The molecule has 10 nitrogen and oxygen atoms in total. The number of nitrogens with zero attached hydrogens (tertiary/aromatic N) is 6. The number of aromatic nitrogens is 4. The number of carbonyl (C=O) groups excluding carboxylic acids is 1. The molecular formula is C41H47N7O3S. The van der Waals surface area contributed by atoms with Crippen molar-refractivity contribution in [3.63, 3.8) is 0 Å². The molecule has 9 rings (SSSR count). The van der Waals surface area contributed by atoms with Crippen molar-refractivity contribution < 1.29 is 13.2 Å². The third-order valence-corrected chi connectivity index (χ3v) is 13.7. The van der Waals surface area contributed by atoms with Crippen LogP contribution in [-0.4, -0.2) is 76.7 Å². The number of nitrogens with one attached hydrogen (secondary N) is 1. The lowest BCUT2D eigenvalue weighted by Crippen LogP contribution is -2.38. The van der Waals surface area contributed by atoms with Crippen molar-refractivity contribution >= 4 is 43.4 Å². The number of carbonyl (C=O) groups is 1. The molecule has 1 N–H and O–H groups in total. The average molecular weight is 718 g/mol. The van der Waals surface area contributed by atoms with E-state index >= 15 is 0 Å². The van der Waals surface area contributed by atoms with Crippen LogP contribution in [0.2, 0.25) is 0 Å². The second-order valence-corrected chi connectivity index (χ2v) is 17.2. The Morgan fingerprint density at radius 1 is 0.827 bits per heavy atom. The Bertz CT molecular complexity index is 2290. The molecule has 0 radical (unpaired) electrons. The monoisotopic (exact) mass is 717 g/mol. The van der Waals surface area contributed by atoms with Crippen LogP contribution in [0.3, 0.4) is 0 Å². The van der Waals surface area contributed by atoms with Crippen LogP contribution in [0, 0.1) is 6.92 Å². The van der Waals surface area contributed by atoms with Gasteiger partial charge in [-0.05, 0) is 106 Å². The number of hydrogen-bond donors (Lipinski definition) is 1. The normalized spacial score (nSPS) is 18.7. The topological polar surface area (TPSA) is 113 Å². The summed E-state index contributed by atoms with van der Waals surface area (Å²) >= 11 is 0. The molecule has 5 aromatic rings. The summed E-state index contributed by atoms with van der Waals surface area (Å²) in [5, 5.41) is 1.84. The fourth-order valence-corrected chi connectivity index (χ4v) is 10.3. The van der Waals surface area contributed by atoms with Gasteiger partial charge in [-0.15, -0.1) is 0 Å². The molecule has 1 saturated heterocycles. The number of sulfonamides is 1. The first-order chi connectivity index (χ1) is 25.4. The molecule has 11 heteroatoms. The zero-order valence-electron chi connectivity index (χ0n) is 30.0. The number of amides is 1. The summed E-state index contributed by atoms with van der Waals surface area (Å²) in [5.41, 5.74) is 9.81. The highest BCUT2D eigenvalue weighted by Gasteiger charge is 2.37. The lowest BCUT2D eigenvalue weighted by atomic mass is 9.81. The quantitative estimate of drug-likeness (QED) is 0.179. The molecule has 0 unspecified atom stereocenters. The number of aryl methyl sites for hydroxylation is 1. The minimum atomic E-state index is -3.66. The third-order valence-electron chi connectivity index (χ3n) is 11.8. The molecule has 270 valence electrons. The lowest BCUT2D eigenvalue weighted by Gasteiger charge is -2.32. The van der Waals surface area contributed by atoms with Gasteiger partial charge < -0.3 is 14.4 Å². The van der Waals surface area contributed by atoms with Crippen LogP contribution >= 0.6 is 0 Å². The van der Waals surface area contributed by atoms with E-state index in [1.807, 2.05) is 19.1 Å². The van der Waals surface area contributed by atoms with E-state index in [0.29, 0.717) is 24.3 Å². The SMILES string of the molecule is Cc1nccnc1-c1ccc2c3c(ccc2n1)-c1c(C2CCCCC2)c2ccc(C(=O)NS(=O)(=O)C4CC4)cc2n1CCN3CCN1CCCCC1. The molecule has 4 aliphatic rings. The fraction of sp³-hybridized carbons (Fsp3) is 0.463. The van der Waals surface area contributed by atoms with Crippen molar-refractivity contribution in [2.45, 2.75) is 88.8 Å². The standard InChI is InChI=1S/C41H47N7O3S/c1-27-38(43-19-18-42-27)35-17-14-31-34(44-35)16-15-33-39(31)47(23-22-46-20-6-3-7-21-46)24-25-48-36-26-29(41(49)45-52(50,51)30-11-12-30)10-13-32(36)37(40(33)48)28-8-4-2-5-9-28/h10,13-19,26,28,30H,2-9,11-12,20-25H2,1H3,(H,45,49). The lowest BCUT2D eigenvalue weighted by molar-refractivity contribution is 0.0981. The van der Waals surface area contributed by atoms with Gasteiger partial charge in [0.2, 0.25) is 10.0 Å². The van der Waals surface area contributed by atoms with Crippen LogP contribution in [0.15, 0.2) is 54.9 Å². The van der Waals surface area contributed by atoms with Gasteiger partial charge in [-0.1, -0.05) is 31.7 Å². The Kier molecular flexibility index (Phi) is 8.74. The summed E-state index contributed by atoms with van der Waals surface area (Å²) < 4.78 is 30.3. The fourth-order valence-electron chi connectivity index (χ4n) is 9.01. The Morgan fingerprint density at radius 3 is 2.38 bits per heavy atom. The second-order valence-electron chi connectivity index (χ2n) is 15.3. The third kappa shape index (κ3) is 6.15. The predicted octanol–water partition coefficient (Wildman–Crippen LogP) is 7.20.